The van der Waals surface area contributed by atoms with E-state index in [1.165, 1.54) is 19.3 Å². The highest BCUT2D eigenvalue weighted by molar-refractivity contribution is 5.23. The van der Waals surface area contributed by atoms with Crippen LogP contribution in [-0.4, -0.2) is 11.1 Å². The van der Waals surface area contributed by atoms with Gasteiger partial charge < -0.3 is 10.5 Å². The van der Waals surface area contributed by atoms with Gasteiger partial charge in [-0.05, 0) is 44.2 Å². The smallest absolute Gasteiger partial charge is 0.213 e. The third kappa shape index (κ3) is 2.95. The Hall–Kier alpha value is -1.09. The van der Waals surface area contributed by atoms with Crippen molar-refractivity contribution >= 4 is 0 Å². The Balaban J connectivity index is 2.00. The number of hydrogen-bond donors (Lipinski definition) is 1. The summed E-state index contributed by atoms with van der Waals surface area (Å²) in [5.41, 5.74) is 6.92. The SMILES string of the molecule is C[C@@H](N)c1ccnc(OC2CCCCC2)c1. The monoisotopic (exact) mass is 220 g/mol. The molecule has 1 atom stereocenters. The highest BCUT2D eigenvalue weighted by Crippen LogP contribution is 2.23. The largest absolute Gasteiger partial charge is 0.474 e. The number of ether oxygens (including phenoxy) is 1. The van der Waals surface area contributed by atoms with E-state index < -0.39 is 0 Å². The van der Waals surface area contributed by atoms with Crippen LogP contribution >= 0.6 is 0 Å². The molecule has 1 aromatic heterocycles. The molecule has 0 amide bonds. The van der Waals surface area contributed by atoms with Gasteiger partial charge in [0, 0.05) is 18.3 Å². The fourth-order valence-corrected chi connectivity index (χ4v) is 2.13. The van der Waals surface area contributed by atoms with Crippen molar-refractivity contribution in [2.45, 2.75) is 51.2 Å². The Morgan fingerprint density at radius 3 is 2.81 bits per heavy atom. The van der Waals surface area contributed by atoms with Crippen molar-refractivity contribution in [2.75, 3.05) is 0 Å². The third-order valence-electron chi connectivity index (χ3n) is 3.12. The molecule has 1 aromatic rings. The molecule has 88 valence electrons. The molecular weight excluding hydrogens is 200 g/mol. The van der Waals surface area contributed by atoms with E-state index in [-0.39, 0.29) is 6.04 Å². The number of aromatic nitrogens is 1. The molecule has 0 aromatic carbocycles. The molecule has 2 N–H and O–H groups in total. The minimum absolute atomic E-state index is 0.0386. The van der Waals surface area contributed by atoms with Crippen molar-refractivity contribution in [3.8, 4) is 5.88 Å². The second kappa shape index (κ2) is 5.30. The van der Waals surface area contributed by atoms with E-state index in [4.69, 9.17) is 10.5 Å². The molecule has 3 nitrogen and oxygen atoms in total. The van der Waals surface area contributed by atoms with E-state index in [9.17, 15) is 0 Å². The van der Waals surface area contributed by atoms with E-state index >= 15 is 0 Å². The van der Waals surface area contributed by atoms with Crippen LogP contribution in [0.1, 0.15) is 50.6 Å². The van der Waals surface area contributed by atoms with Crippen LogP contribution in [0.25, 0.3) is 0 Å². The summed E-state index contributed by atoms with van der Waals surface area (Å²) in [5, 5.41) is 0. The fraction of sp³-hybridized carbons (Fsp3) is 0.615. The lowest BCUT2D eigenvalue weighted by Crippen LogP contribution is -2.20. The normalized spacial score (nSPS) is 19.4. The Labute approximate surface area is 97.0 Å². The van der Waals surface area contributed by atoms with Gasteiger partial charge in [-0.3, -0.25) is 0 Å². The summed E-state index contributed by atoms with van der Waals surface area (Å²) in [6, 6.07) is 3.94. The average molecular weight is 220 g/mol. The van der Waals surface area contributed by atoms with Crippen molar-refractivity contribution < 1.29 is 4.74 Å². The molecule has 0 aliphatic heterocycles. The van der Waals surface area contributed by atoms with Crippen LogP contribution in [0.2, 0.25) is 0 Å². The molecule has 0 unspecified atom stereocenters. The number of hydrogen-bond acceptors (Lipinski definition) is 3. The van der Waals surface area contributed by atoms with E-state index in [1.54, 1.807) is 6.20 Å². The molecule has 2 rings (SSSR count). The van der Waals surface area contributed by atoms with Crippen molar-refractivity contribution in [1.29, 1.82) is 0 Å². The quantitative estimate of drug-likeness (QED) is 0.852. The number of nitrogens with two attached hydrogens (primary N) is 1. The summed E-state index contributed by atoms with van der Waals surface area (Å²) in [5.74, 6) is 0.724. The van der Waals surface area contributed by atoms with Crippen LogP contribution in [0.3, 0.4) is 0 Å². The fourth-order valence-electron chi connectivity index (χ4n) is 2.13. The second-order valence-electron chi connectivity index (χ2n) is 4.59. The minimum atomic E-state index is 0.0386. The predicted molar refractivity (Wildman–Crippen MR) is 64.3 cm³/mol. The minimum Gasteiger partial charge on any atom is -0.474 e. The van der Waals surface area contributed by atoms with Gasteiger partial charge in [0.2, 0.25) is 5.88 Å². The van der Waals surface area contributed by atoms with Crippen LogP contribution in [0, 0.1) is 0 Å². The zero-order valence-electron chi connectivity index (χ0n) is 9.86. The zero-order chi connectivity index (χ0) is 11.4. The summed E-state index contributed by atoms with van der Waals surface area (Å²) in [6.45, 7) is 1.97. The maximum absolute atomic E-state index is 5.88. The van der Waals surface area contributed by atoms with Crippen molar-refractivity contribution in [2.24, 2.45) is 5.73 Å². The van der Waals surface area contributed by atoms with Crippen LogP contribution in [0.4, 0.5) is 0 Å². The number of pyridine rings is 1. The first-order valence-electron chi connectivity index (χ1n) is 6.14. The Bertz CT molecular complexity index is 332. The van der Waals surface area contributed by atoms with Crippen LogP contribution in [0.15, 0.2) is 18.3 Å². The first-order chi connectivity index (χ1) is 7.75. The second-order valence-corrected chi connectivity index (χ2v) is 4.59. The maximum Gasteiger partial charge on any atom is 0.213 e. The first-order valence-corrected chi connectivity index (χ1v) is 6.14. The maximum atomic E-state index is 5.88. The first kappa shape index (κ1) is 11.4. The van der Waals surface area contributed by atoms with Crippen LogP contribution in [0.5, 0.6) is 5.88 Å². The Morgan fingerprint density at radius 2 is 2.12 bits per heavy atom. The Kier molecular flexibility index (Phi) is 3.78. The van der Waals surface area contributed by atoms with Gasteiger partial charge in [-0.15, -0.1) is 0 Å². The van der Waals surface area contributed by atoms with Crippen LogP contribution in [-0.2, 0) is 0 Å². The molecule has 1 fully saturated rings. The number of rotatable bonds is 3. The molecule has 3 heteroatoms. The molecule has 0 saturated heterocycles. The molecule has 0 spiro atoms. The van der Waals surface area contributed by atoms with E-state index in [1.807, 2.05) is 19.1 Å². The van der Waals surface area contributed by atoms with Gasteiger partial charge >= 0.3 is 0 Å². The van der Waals surface area contributed by atoms with Crippen molar-refractivity contribution in [3.05, 3.63) is 23.9 Å². The molecular formula is C13H20N2O. The predicted octanol–water partition coefficient (Wildman–Crippen LogP) is 2.81. The molecule has 16 heavy (non-hydrogen) atoms. The highest BCUT2D eigenvalue weighted by atomic mass is 16.5. The molecule has 0 bridgehead atoms. The van der Waals surface area contributed by atoms with Gasteiger partial charge in [-0.1, -0.05) is 6.42 Å². The van der Waals surface area contributed by atoms with Crippen molar-refractivity contribution in [3.63, 3.8) is 0 Å². The Morgan fingerprint density at radius 1 is 1.38 bits per heavy atom. The highest BCUT2D eigenvalue weighted by Gasteiger charge is 2.15. The summed E-state index contributed by atoms with van der Waals surface area (Å²) in [6.07, 6.45) is 8.33. The lowest BCUT2D eigenvalue weighted by molar-refractivity contribution is 0.148. The molecule has 0 radical (unpaired) electrons. The molecule has 1 heterocycles. The average Bonchev–Trinajstić information content (AvgIpc) is 2.30. The summed E-state index contributed by atoms with van der Waals surface area (Å²) >= 11 is 0. The summed E-state index contributed by atoms with van der Waals surface area (Å²) in [7, 11) is 0. The van der Waals surface area contributed by atoms with Gasteiger partial charge in [-0.25, -0.2) is 4.98 Å². The lowest BCUT2D eigenvalue weighted by Gasteiger charge is -2.22. The summed E-state index contributed by atoms with van der Waals surface area (Å²) in [4.78, 5) is 4.24. The lowest BCUT2D eigenvalue weighted by atomic mass is 9.98. The van der Waals surface area contributed by atoms with Gasteiger partial charge in [0.1, 0.15) is 6.10 Å². The third-order valence-corrected chi connectivity index (χ3v) is 3.12. The molecule has 1 aliphatic rings. The molecule has 1 aliphatic carbocycles. The van der Waals surface area contributed by atoms with E-state index in [0.29, 0.717) is 6.10 Å². The van der Waals surface area contributed by atoms with Crippen LogP contribution < -0.4 is 10.5 Å². The van der Waals surface area contributed by atoms with Gasteiger partial charge in [0.25, 0.3) is 0 Å². The summed E-state index contributed by atoms with van der Waals surface area (Å²) < 4.78 is 5.88. The van der Waals surface area contributed by atoms with Gasteiger partial charge in [0.15, 0.2) is 0 Å². The van der Waals surface area contributed by atoms with Crippen molar-refractivity contribution in [1.82, 2.24) is 4.98 Å². The standard InChI is InChI=1S/C13H20N2O/c1-10(14)11-7-8-15-13(9-11)16-12-5-3-2-4-6-12/h7-10,12H,2-6,14H2,1H3/t10-/m1/s1. The van der Waals surface area contributed by atoms with E-state index in [0.717, 1.165) is 24.3 Å². The van der Waals surface area contributed by atoms with Gasteiger partial charge in [0.05, 0.1) is 0 Å². The molecule has 1 saturated carbocycles. The van der Waals surface area contributed by atoms with Gasteiger partial charge in [-0.2, -0.15) is 0 Å². The zero-order valence-corrected chi connectivity index (χ0v) is 9.86. The topological polar surface area (TPSA) is 48.1 Å². The van der Waals surface area contributed by atoms with E-state index in [2.05, 4.69) is 4.98 Å². The number of nitrogens with zero attached hydrogens (tertiary/aromatic N) is 1.